The lowest BCUT2D eigenvalue weighted by Gasteiger charge is -2.30. The summed E-state index contributed by atoms with van der Waals surface area (Å²) < 4.78 is 25.1. The van der Waals surface area contributed by atoms with E-state index >= 15 is 0 Å². The molecule has 2 aromatic heterocycles. The first-order valence-electron chi connectivity index (χ1n) is 8.17. The van der Waals surface area contributed by atoms with E-state index in [0.29, 0.717) is 24.9 Å². The highest BCUT2D eigenvalue weighted by molar-refractivity contribution is 7.88. The summed E-state index contributed by atoms with van der Waals surface area (Å²) in [6, 6.07) is 1.90. The second kappa shape index (κ2) is 7.01. The molecule has 0 spiro atoms. The van der Waals surface area contributed by atoms with E-state index in [1.165, 1.54) is 10.6 Å². The molecule has 0 amide bonds. The zero-order valence-electron chi connectivity index (χ0n) is 14.6. The number of aromatic nitrogens is 4. The van der Waals surface area contributed by atoms with Gasteiger partial charge in [0.15, 0.2) is 5.82 Å². The molecule has 3 rings (SSSR count). The van der Waals surface area contributed by atoms with Crippen LogP contribution in [0.5, 0.6) is 0 Å². The molecular formula is C16H22N6O2S. The maximum absolute atomic E-state index is 11.8. The van der Waals surface area contributed by atoms with Gasteiger partial charge in [0.05, 0.1) is 18.1 Å². The first-order chi connectivity index (χ1) is 11.8. The van der Waals surface area contributed by atoms with Crippen molar-refractivity contribution in [1.29, 1.82) is 0 Å². The van der Waals surface area contributed by atoms with Crippen LogP contribution in [0.2, 0.25) is 0 Å². The van der Waals surface area contributed by atoms with Crippen LogP contribution in [0.25, 0.3) is 0 Å². The molecule has 0 bridgehead atoms. The lowest BCUT2D eigenvalue weighted by molar-refractivity contribution is 0.314. The lowest BCUT2D eigenvalue weighted by Crippen LogP contribution is -2.38. The zero-order chi connectivity index (χ0) is 18.0. The van der Waals surface area contributed by atoms with Crippen LogP contribution in [-0.2, 0) is 10.0 Å². The largest absolute Gasteiger partial charge is 0.307 e. The summed E-state index contributed by atoms with van der Waals surface area (Å²) in [6.07, 6.45) is 6.27. The highest BCUT2D eigenvalue weighted by Crippen LogP contribution is 2.27. The second-order valence-corrected chi connectivity index (χ2v) is 8.37. The third kappa shape index (κ3) is 4.49. The smallest absolute Gasteiger partial charge is 0.228 e. The van der Waals surface area contributed by atoms with Crippen molar-refractivity contribution in [1.82, 2.24) is 24.2 Å². The summed E-state index contributed by atoms with van der Waals surface area (Å²) in [5, 5.41) is 3.08. The number of nitrogens with one attached hydrogen (secondary N) is 1. The summed E-state index contributed by atoms with van der Waals surface area (Å²) in [7, 11) is -3.19. The highest BCUT2D eigenvalue weighted by Gasteiger charge is 2.27. The minimum atomic E-state index is -3.19. The van der Waals surface area contributed by atoms with Crippen LogP contribution in [0.1, 0.15) is 35.8 Å². The molecule has 1 fully saturated rings. The molecule has 0 aromatic carbocycles. The number of hydrogen-bond donors (Lipinski definition) is 1. The molecule has 0 radical (unpaired) electrons. The maximum Gasteiger partial charge on any atom is 0.228 e. The fourth-order valence-corrected chi connectivity index (χ4v) is 3.93. The van der Waals surface area contributed by atoms with Crippen molar-refractivity contribution in [2.24, 2.45) is 0 Å². The molecule has 134 valence electrons. The van der Waals surface area contributed by atoms with Gasteiger partial charge in [-0.25, -0.2) is 27.7 Å². The summed E-state index contributed by atoms with van der Waals surface area (Å²) in [5.41, 5.74) is 2.52. The number of anilines is 2. The normalized spacial score (nSPS) is 18.9. The molecule has 3 heterocycles. The van der Waals surface area contributed by atoms with Gasteiger partial charge >= 0.3 is 0 Å². The van der Waals surface area contributed by atoms with Gasteiger partial charge in [-0.2, -0.15) is 0 Å². The van der Waals surface area contributed by atoms with E-state index in [4.69, 9.17) is 0 Å². The van der Waals surface area contributed by atoms with Crippen molar-refractivity contribution in [3.05, 3.63) is 35.5 Å². The quantitative estimate of drug-likeness (QED) is 0.884. The summed E-state index contributed by atoms with van der Waals surface area (Å²) in [4.78, 5) is 17.5. The molecule has 25 heavy (non-hydrogen) atoms. The van der Waals surface area contributed by atoms with E-state index < -0.39 is 10.0 Å². The summed E-state index contributed by atoms with van der Waals surface area (Å²) >= 11 is 0. The van der Waals surface area contributed by atoms with Gasteiger partial charge in [-0.1, -0.05) is 0 Å². The monoisotopic (exact) mass is 362 g/mol. The Balaban J connectivity index is 1.79. The Morgan fingerprint density at radius 3 is 2.56 bits per heavy atom. The average Bonchev–Trinajstić information content (AvgIpc) is 2.53. The fraction of sp³-hybridized carbons (Fsp3) is 0.500. The third-order valence-corrected chi connectivity index (χ3v) is 5.42. The Kier molecular flexibility index (Phi) is 4.96. The minimum absolute atomic E-state index is 0.0397. The topological polar surface area (TPSA) is 101 Å². The van der Waals surface area contributed by atoms with E-state index in [9.17, 15) is 8.42 Å². The van der Waals surface area contributed by atoms with Crippen molar-refractivity contribution in [2.45, 2.75) is 32.6 Å². The Morgan fingerprint density at radius 2 is 1.88 bits per heavy atom. The van der Waals surface area contributed by atoms with E-state index in [1.54, 1.807) is 12.4 Å². The van der Waals surface area contributed by atoms with Crippen LogP contribution in [0.3, 0.4) is 0 Å². The number of aryl methyl sites for hydroxylation is 2. The molecule has 2 aromatic rings. The molecule has 8 nitrogen and oxygen atoms in total. The Morgan fingerprint density at radius 1 is 1.16 bits per heavy atom. The molecule has 0 aliphatic carbocycles. The van der Waals surface area contributed by atoms with Gasteiger partial charge in [-0.15, -0.1) is 0 Å². The maximum atomic E-state index is 11.8. The van der Waals surface area contributed by atoms with Gasteiger partial charge in [0.25, 0.3) is 0 Å². The predicted molar refractivity (Wildman–Crippen MR) is 95.2 cm³/mol. The molecule has 1 atom stereocenters. The van der Waals surface area contributed by atoms with Crippen LogP contribution in [0, 0.1) is 13.8 Å². The zero-order valence-corrected chi connectivity index (χ0v) is 15.4. The van der Waals surface area contributed by atoms with E-state index in [0.717, 1.165) is 29.9 Å². The number of rotatable bonds is 4. The van der Waals surface area contributed by atoms with Gasteiger partial charge in [0.1, 0.15) is 0 Å². The lowest BCUT2D eigenvalue weighted by atomic mass is 9.96. The molecule has 1 aliphatic heterocycles. The van der Waals surface area contributed by atoms with Gasteiger partial charge in [0.2, 0.25) is 16.0 Å². The van der Waals surface area contributed by atoms with Crippen molar-refractivity contribution >= 4 is 21.8 Å². The molecule has 9 heteroatoms. The average molecular weight is 362 g/mol. The third-order valence-electron chi connectivity index (χ3n) is 4.15. The summed E-state index contributed by atoms with van der Waals surface area (Å²) in [5.74, 6) is 1.07. The van der Waals surface area contributed by atoms with Crippen molar-refractivity contribution in [3.8, 4) is 0 Å². The standard InChI is InChI=1S/C16H22N6O2S/c1-11-7-12(2)19-16(18-11)21-15-9-17-8-14(20-15)13-5-4-6-22(10-13)25(3,23)24/h7-9,13H,4-6,10H2,1-3H3,(H,18,19,20,21)/t13-/m1/s1. The van der Waals surface area contributed by atoms with Gasteiger partial charge < -0.3 is 5.32 Å². The van der Waals surface area contributed by atoms with Crippen LogP contribution >= 0.6 is 0 Å². The second-order valence-electron chi connectivity index (χ2n) is 6.39. The van der Waals surface area contributed by atoms with Crippen LogP contribution in [0.15, 0.2) is 18.5 Å². The molecule has 1 aliphatic rings. The van der Waals surface area contributed by atoms with E-state index in [-0.39, 0.29) is 5.92 Å². The number of piperidine rings is 1. The van der Waals surface area contributed by atoms with Gasteiger partial charge in [-0.05, 0) is 32.8 Å². The van der Waals surface area contributed by atoms with Gasteiger partial charge in [0, 0.05) is 36.6 Å². The van der Waals surface area contributed by atoms with Crippen LogP contribution < -0.4 is 5.32 Å². The van der Waals surface area contributed by atoms with Crippen LogP contribution in [0.4, 0.5) is 11.8 Å². The van der Waals surface area contributed by atoms with Gasteiger partial charge in [-0.3, -0.25) is 4.98 Å². The highest BCUT2D eigenvalue weighted by atomic mass is 32.2. The van der Waals surface area contributed by atoms with Crippen LogP contribution in [-0.4, -0.2) is 52.0 Å². The van der Waals surface area contributed by atoms with Crippen molar-refractivity contribution in [2.75, 3.05) is 24.7 Å². The van der Waals surface area contributed by atoms with E-state index in [1.807, 2.05) is 19.9 Å². The van der Waals surface area contributed by atoms with Crippen molar-refractivity contribution < 1.29 is 8.42 Å². The number of nitrogens with zero attached hydrogens (tertiary/aromatic N) is 5. The Labute approximate surface area is 147 Å². The molecule has 1 saturated heterocycles. The predicted octanol–water partition coefficient (Wildman–Crippen LogP) is 1.77. The number of sulfonamides is 1. The first-order valence-corrected chi connectivity index (χ1v) is 10.0. The Bertz CT molecular complexity index is 850. The molecule has 0 unspecified atom stereocenters. The SMILES string of the molecule is Cc1cc(C)nc(Nc2cncc([C@@H]3CCCN(S(C)(=O)=O)C3)n2)n1. The number of hydrogen-bond acceptors (Lipinski definition) is 7. The fourth-order valence-electron chi connectivity index (χ4n) is 3.02. The molecule has 1 N–H and O–H groups in total. The first kappa shape index (κ1) is 17.7. The van der Waals surface area contributed by atoms with Crippen molar-refractivity contribution in [3.63, 3.8) is 0 Å². The molecule has 0 saturated carbocycles. The summed E-state index contributed by atoms with van der Waals surface area (Å²) in [6.45, 7) is 4.82. The minimum Gasteiger partial charge on any atom is -0.307 e. The Hall–Kier alpha value is -2.13. The molecular weight excluding hydrogens is 340 g/mol. The van der Waals surface area contributed by atoms with E-state index in [2.05, 4.69) is 25.3 Å².